The molecule has 0 saturated carbocycles. The van der Waals surface area contributed by atoms with Crippen molar-refractivity contribution < 1.29 is 9.84 Å². The summed E-state index contributed by atoms with van der Waals surface area (Å²) in [5.41, 5.74) is 0. The lowest BCUT2D eigenvalue weighted by molar-refractivity contribution is 0.395. The van der Waals surface area contributed by atoms with Crippen LogP contribution in [0.15, 0.2) is 24.5 Å². The Morgan fingerprint density at radius 2 is 2.29 bits per heavy atom. The number of methoxy groups -OCH3 is 1. The predicted molar refractivity (Wildman–Crippen MR) is 63.5 cm³/mol. The first kappa shape index (κ1) is 13.2. The Morgan fingerprint density at radius 3 is 2.79 bits per heavy atom. The summed E-state index contributed by atoms with van der Waals surface area (Å²) in [5, 5.41) is 9.20. The maximum atomic E-state index is 8.55. The molecule has 0 spiro atoms. The molecule has 0 saturated heterocycles. The molecule has 0 heterocycles. The average Bonchev–Trinajstić information content (AvgIpc) is 2.21. The zero-order chi connectivity index (χ0) is 10.8. The second-order valence-electron chi connectivity index (χ2n) is 3.02. The van der Waals surface area contributed by atoms with Crippen LogP contribution in [0.4, 0.5) is 0 Å². The maximum absolute atomic E-state index is 8.55. The van der Waals surface area contributed by atoms with Crippen molar-refractivity contribution in [3.05, 3.63) is 24.5 Å². The van der Waals surface area contributed by atoms with Gasteiger partial charge < -0.3 is 9.84 Å². The molecule has 14 heavy (non-hydrogen) atoms. The van der Waals surface area contributed by atoms with Crippen LogP contribution in [0.5, 0.6) is 0 Å². The Labute approximate surface area is 91.3 Å². The molecule has 0 aliphatic heterocycles. The van der Waals surface area contributed by atoms with Crippen molar-refractivity contribution in [3.63, 3.8) is 0 Å². The highest BCUT2D eigenvalue weighted by atomic mass is 32.1. The van der Waals surface area contributed by atoms with Crippen LogP contribution in [-0.4, -0.2) is 17.3 Å². The van der Waals surface area contributed by atoms with Gasteiger partial charge in [-0.1, -0.05) is 12.2 Å². The summed E-state index contributed by atoms with van der Waals surface area (Å²) in [6.45, 7) is 1.99. The van der Waals surface area contributed by atoms with Gasteiger partial charge in [-0.05, 0) is 44.0 Å². The van der Waals surface area contributed by atoms with Crippen LogP contribution >= 0.6 is 12.2 Å². The third-order valence-corrected chi connectivity index (χ3v) is 2.33. The van der Waals surface area contributed by atoms with E-state index in [0.717, 1.165) is 25.5 Å². The fourth-order valence-electron chi connectivity index (χ4n) is 1.21. The Balaban J connectivity index is 3.90. The van der Waals surface area contributed by atoms with Crippen molar-refractivity contribution in [1.29, 1.82) is 0 Å². The van der Waals surface area contributed by atoms with Gasteiger partial charge in [0, 0.05) is 6.42 Å². The van der Waals surface area contributed by atoms with Crippen molar-refractivity contribution in [1.82, 2.24) is 0 Å². The third-order valence-electron chi connectivity index (χ3n) is 1.96. The number of aliphatic hydroxyl groups is 1. The van der Waals surface area contributed by atoms with Crippen LogP contribution in [0.1, 0.15) is 26.2 Å². The molecule has 1 unspecified atom stereocenters. The second-order valence-corrected chi connectivity index (χ2v) is 3.48. The van der Waals surface area contributed by atoms with Crippen molar-refractivity contribution in [2.75, 3.05) is 7.11 Å². The molecule has 0 aromatic rings. The minimum Gasteiger partial charge on any atom is -0.516 e. The molecule has 2 nitrogen and oxygen atoms in total. The highest BCUT2D eigenvalue weighted by Gasteiger charge is 2.04. The van der Waals surface area contributed by atoms with Crippen LogP contribution in [0, 0.1) is 5.92 Å². The number of hydrogen-bond donors (Lipinski definition) is 1. The van der Waals surface area contributed by atoms with E-state index in [4.69, 9.17) is 22.1 Å². The molecule has 0 radical (unpaired) electrons. The number of thiocarbonyl (C=S) groups is 1. The number of rotatable bonds is 6. The van der Waals surface area contributed by atoms with Crippen molar-refractivity contribution in [2.45, 2.75) is 26.2 Å². The first-order valence-electron chi connectivity index (χ1n) is 4.73. The molecule has 80 valence electrons. The Kier molecular flexibility index (Phi) is 8.24. The van der Waals surface area contributed by atoms with E-state index in [-0.39, 0.29) is 0 Å². The van der Waals surface area contributed by atoms with Gasteiger partial charge in [-0.15, -0.1) is 0 Å². The summed E-state index contributed by atoms with van der Waals surface area (Å²) in [6.07, 6.45) is 9.57. The number of ether oxygens (including phenoxy) is 1. The standard InChI is InChI=1S/C11H18O2S/c1-3-5-10(6-4-9-12)7-8-11(14)13-2/h3-5,9-10,12H,6-8H2,1-2H3/b5-3-,9-4+. The molecule has 0 aliphatic rings. The molecule has 3 heteroatoms. The van der Waals surface area contributed by atoms with E-state index >= 15 is 0 Å². The van der Waals surface area contributed by atoms with E-state index in [1.54, 1.807) is 13.2 Å². The minimum atomic E-state index is 0.427. The minimum absolute atomic E-state index is 0.427. The lowest BCUT2D eigenvalue weighted by Crippen LogP contribution is -2.02. The highest BCUT2D eigenvalue weighted by molar-refractivity contribution is 7.80. The van der Waals surface area contributed by atoms with Gasteiger partial charge in [0.25, 0.3) is 0 Å². The molecule has 0 rings (SSSR count). The summed E-state index contributed by atoms with van der Waals surface area (Å²) >= 11 is 4.96. The van der Waals surface area contributed by atoms with Gasteiger partial charge in [0.1, 0.15) is 0 Å². The van der Waals surface area contributed by atoms with Crippen LogP contribution in [0.25, 0.3) is 0 Å². The van der Waals surface area contributed by atoms with Crippen LogP contribution in [0.2, 0.25) is 0 Å². The summed E-state index contributed by atoms with van der Waals surface area (Å²) in [5.74, 6) is 0.427. The Hall–Kier alpha value is -0.830. The number of aliphatic hydroxyl groups excluding tert-OH is 1. The maximum Gasteiger partial charge on any atom is 0.159 e. The van der Waals surface area contributed by atoms with Gasteiger partial charge in [0.15, 0.2) is 5.05 Å². The molecular formula is C11H18O2S. The fourth-order valence-corrected chi connectivity index (χ4v) is 1.32. The molecule has 0 amide bonds. The van der Waals surface area contributed by atoms with E-state index in [2.05, 4.69) is 6.08 Å². The Morgan fingerprint density at radius 1 is 1.57 bits per heavy atom. The topological polar surface area (TPSA) is 29.5 Å². The summed E-state index contributed by atoms with van der Waals surface area (Å²) in [6, 6.07) is 0. The predicted octanol–water partition coefficient (Wildman–Crippen LogP) is 3.39. The first-order chi connectivity index (χ1) is 6.74. The molecular weight excluding hydrogens is 196 g/mol. The zero-order valence-electron chi connectivity index (χ0n) is 8.77. The van der Waals surface area contributed by atoms with Crippen LogP contribution in [0.3, 0.4) is 0 Å². The summed E-state index contributed by atoms with van der Waals surface area (Å²) in [7, 11) is 1.60. The fraction of sp³-hybridized carbons (Fsp3) is 0.545. The van der Waals surface area contributed by atoms with Gasteiger partial charge >= 0.3 is 0 Å². The summed E-state index contributed by atoms with van der Waals surface area (Å²) < 4.78 is 4.92. The van der Waals surface area contributed by atoms with Gasteiger partial charge in [-0.3, -0.25) is 0 Å². The number of hydrogen-bond acceptors (Lipinski definition) is 3. The van der Waals surface area contributed by atoms with Crippen molar-refractivity contribution in [3.8, 4) is 0 Å². The van der Waals surface area contributed by atoms with E-state index in [1.165, 1.54) is 0 Å². The lowest BCUT2D eigenvalue weighted by Gasteiger charge is -2.09. The molecule has 0 aliphatic carbocycles. The van der Waals surface area contributed by atoms with E-state index in [1.807, 2.05) is 13.0 Å². The van der Waals surface area contributed by atoms with Crippen LogP contribution in [-0.2, 0) is 4.74 Å². The molecule has 0 fully saturated rings. The Bertz CT molecular complexity index is 209. The quantitative estimate of drug-likeness (QED) is 0.417. The van der Waals surface area contributed by atoms with Crippen LogP contribution < -0.4 is 0 Å². The van der Waals surface area contributed by atoms with Gasteiger partial charge in [0.2, 0.25) is 0 Å². The van der Waals surface area contributed by atoms with Gasteiger partial charge in [-0.25, -0.2) is 0 Å². The van der Waals surface area contributed by atoms with Gasteiger partial charge in [0.05, 0.1) is 13.4 Å². The monoisotopic (exact) mass is 214 g/mol. The van der Waals surface area contributed by atoms with E-state index in [0.29, 0.717) is 11.0 Å². The smallest absolute Gasteiger partial charge is 0.159 e. The second kappa shape index (κ2) is 8.75. The first-order valence-corrected chi connectivity index (χ1v) is 5.14. The molecule has 1 N–H and O–H groups in total. The zero-order valence-corrected chi connectivity index (χ0v) is 9.59. The number of allylic oxidation sites excluding steroid dienone is 3. The summed E-state index contributed by atoms with van der Waals surface area (Å²) in [4.78, 5) is 0. The average molecular weight is 214 g/mol. The molecule has 0 aromatic heterocycles. The molecule has 0 bridgehead atoms. The van der Waals surface area contributed by atoms with E-state index < -0.39 is 0 Å². The lowest BCUT2D eigenvalue weighted by atomic mass is 9.99. The molecule has 1 atom stereocenters. The van der Waals surface area contributed by atoms with Gasteiger partial charge in [-0.2, -0.15) is 0 Å². The van der Waals surface area contributed by atoms with Crippen molar-refractivity contribution in [2.24, 2.45) is 5.92 Å². The largest absolute Gasteiger partial charge is 0.516 e. The molecule has 0 aromatic carbocycles. The van der Waals surface area contributed by atoms with Crippen molar-refractivity contribution >= 4 is 17.3 Å². The third kappa shape index (κ3) is 6.66. The SMILES string of the molecule is C/C=C\C(C/C=C/O)CCC(=S)OC. The normalized spacial score (nSPS) is 13.6. The highest BCUT2D eigenvalue weighted by Crippen LogP contribution is 2.14. The van der Waals surface area contributed by atoms with E-state index in [9.17, 15) is 0 Å².